The van der Waals surface area contributed by atoms with E-state index >= 15 is 0 Å². The number of rotatable bonds is 3. The monoisotopic (exact) mass is 211 g/mol. The third-order valence-electron chi connectivity index (χ3n) is 1.78. The number of benzene rings is 1. The van der Waals surface area contributed by atoms with Crippen molar-refractivity contribution >= 4 is 23.4 Å². The van der Waals surface area contributed by atoms with E-state index in [1.807, 2.05) is 30.5 Å². The second-order valence-electron chi connectivity index (χ2n) is 2.64. The van der Waals surface area contributed by atoms with E-state index in [1.165, 1.54) is 0 Å². The number of hydrogen-bond donors (Lipinski definition) is 0. The largest absolute Gasteiger partial charge is 0.198 e. The molecule has 0 aliphatic rings. The molecule has 0 aliphatic heterocycles. The Morgan fingerprint density at radius 1 is 1.62 bits per heavy atom. The van der Waals surface area contributed by atoms with Crippen molar-refractivity contribution < 1.29 is 0 Å². The quantitative estimate of drug-likeness (QED) is 0.762. The molecule has 0 saturated carbocycles. The van der Waals surface area contributed by atoms with Gasteiger partial charge in [-0.25, -0.2) is 0 Å². The van der Waals surface area contributed by atoms with Gasteiger partial charge in [0.25, 0.3) is 0 Å². The van der Waals surface area contributed by atoms with Gasteiger partial charge in [0.05, 0.1) is 12.5 Å². The lowest BCUT2D eigenvalue weighted by Crippen LogP contribution is -1.91. The Morgan fingerprint density at radius 2 is 2.38 bits per heavy atom. The summed E-state index contributed by atoms with van der Waals surface area (Å²) in [7, 11) is 0. The number of thioether (sulfide) groups is 1. The summed E-state index contributed by atoms with van der Waals surface area (Å²) in [5.74, 6) is 0. The maximum Gasteiger partial charge on any atom is 0.0636 e. The molecule has 0 saturated heterocycles. The van der Waals surface area contributed by atoms with Gasteiger partial charge in [-0.05, 0) is 24.0 Å². The second-order valence-corrected chi connectivity index (χ2v) is 4.12. The van der Waals surface area contributed by atoms with Crippen molar-refractivity contribution in [3.05, 3.63) is 34.9 Å². The Labute approximate surface area is 87.7 Å². The summed E-state index contributed by atoms with van der Waals surface area (Å²) >= 11 is 7.53. The molecule has 1 aromatic rings. The van der Waals surface area contributed by atoms with Crippen LogP contribution < -0.4 is 0 Å². The van der Waals surface area contributed by atoms with Gasteiger partial charge in [0.15, 0.2) is 0 Å². The molecule has 0 amide bonds. The molecule has 0 aromatic heterocycles. The van der Waals surface area contributed by atoms with Crippen molar-refractivity contribution in [1.82, 2.24) is 0 Å². The Hall–Kier alpha value is -0.650. The Balaban J connectivity index is 2.86. The molecule has 0 N–H and O–H groups in total. The summed E-state index contributed by atoms with van der Waals surface area (Å²) in [5.41, 5.74) is 1.13. The molecule has 0 aliphatic carbocycles. The number of nitriles is 1. The van der Waals surface area contributed by atoms with Crippen molar-refractivity contribution in [2.24, 2.45) is 0 Å². The highest BCUT2D eigenvalue weighted by Crippen LogP contribution is 2.30. The van der Waals surface area contributed by atoms with Crippen LogP contribution in [-0.4, -0.2) is 6.26 Å². The first-order valence-corrected chi connectivity index (χ1v) is 5.59. The van der Waals surface area contributed by atoms with Gasteiger partial charge >= 0.3 is 0 Å². The standard InChI is InChI=1S/C10H10ClNS/c1-13-10(5-6-12)8-3-2-4-9(11)7-8/h2-4,7,10H,5H2,1H3. The van der Waals surface area contributed by atoms with E-state index in [1.54, 1.807) is 11.8 Å². The molecule has 0 fully saturated rings. The Morgan fingerprint density at radius 3 is 2.92 bits per heavy atom. The molecule has 0 bridgehead atoms. The Bertz CT molecular complexity index is 319. The molecule has 3 heteroatoms. The van der Waals surface area contributed by atoms with Crippen LogP contribution in [-0.2, 0) is 0 Å². The number of nitrogens with zero attached hydrogens (tertiary/aromatic N) is 1. The lowest BCUT2D eigenvalue weighted by molar-refractivity contribution is 0.983. The molecule has 0 radical (unpaired) electrons. The smallest absolute Gasteiger partial charge is 0.0636 e. The first-order chi connectivity index (χ1) is 6.27. The summed E-state index contributed by atoms with van der Waals surface area (Å²) in [4.78, 5) is 0. The van der Waals surface area contributed by atoms with Crippen LogP contribution in [0.4, 0.5) is 0 Å². The third-order valence-corrected chi connectivity index (χ3v) is 3.02. The van der Waals surface area contributed by atoms with Crippen LogP contribution in [0.15, 0.2) is 24.3 Å². The van der Waals surface area contributed by atoms with Crippen LogP contribution in [0, 0.1) is 11.3 Å². The second kappa shape index (κ2) is 5.16. The predicted octanol–water partition coefficient (Wildman–Crippen LogP) is 3.66. The van der Waals surface area contributed by atoms with Gasteiger partial charge in [-0.15, -0.1) is 0 Å². The van der Waals surface area contributed by atoms with Crippen LogP contribution in [0.3, 0.4) is 0 Å². The minimum Gasteiger partial charge on any atom is -0.198 e. The molecule has 13 heavy (non-hydrogen) atoms. The van der Waals surface area contributed by atoms with E-state index in [2.05, 4.69) is 6.07 Å². The van der Waals surface area contributed by atoms with Gasteiger partial charge < -0.3 is 0 Å². The fourth-order valence-electron chi connectivity index (χ4n) is 1.13. The molecule has 1 unspecified atom stereocenters. The molecule has 0 spiro atoms. The molecule has 1 rings (SSSR count). The number of halogens is 1. The van der Waals surface area contributed by atoms with Crippen molar-refractivity contribution in [3.63, 3.8) is 0 Å². The summed E-state index contributed by atoms with van der Waals surface area (Å²) in [6.45, 7) is 0. The van der Waals surface area contributed by atoms with Gasteiger partial charge in [0, 0.05) is 10.3 Å². The highest BCUT2D eigenvalue weighted by atomic mass is 35.5. The van der Waals surface area contributed by atoms with Crippen LogP contribution >= 0.6 is 23.4 Å². The highest BCUT2D eigenvalue weighted by Gasteiger charge is 2.08. The molecule has 68 valence electrons. The minimum atomic E-state index is 0.240. The maximum atomic E-state index is 8.60. The summed E-state index contributed by atoms with van der Waals surface area (Å²) in [6, 6.07) is 9.85. The number of hydrogen-bond acceptors (Lipinski definition) is 2. The zero-order chi connectivity index (χ0) is 9.68. The van der Waals surface area contributed by atoms with Crippen LogP contribution in [0.1, 0.15) is 17.2 Å². The van der Waals surface area contributed by atoms with Gasteiger partial charge in [-0.3, -0.25) is 0 Å². The van der Waals surface area contributed by atoms with E-state index in [4.69, 9.17) is 16.9 Å². The van der Waals surface area contributed by atoms with Crippen molar-refractivity contribution in [2.45, 2.75) is 11.7 Å². The van der Waals surface area contributed by atoms with E-state index in [9.17, 15) is 0 Å². The average molecular weight is 212 g/mol. The normalized spacial score (nSPS) is 12.1. The van der Waals surface area contributed by atoms with Gasteiger partial charge in [0.1, 0.15) is 0 Å². The average Bonchev–Trinajstić information content (AvgIpc) is 2.14. The zero-order valence-electron chi connectivity index (χ0n) is 7.33. The van der Waals surface area contributed by atoms with Crippen molar-refractivity contribution in [1.29, 1.82) is 5.26 Å². The highest BCUT2D eigenvalue weighted by molar-refractivity contribution is 7.98. The third kappa shape index (κ3) is 2.95. The lowest BCUT2D eigenvalue weighted by Gasteiger charge is -2.10. The van der Waals surface area contributed by atoms with Crippen LogP contribution in [0.25, 0.3) is 0 Å². The van der Waals surface area contributed by atoms with Crippen molar-refractivity contribution in [2.75, 3.05) is 6.26 Å². The van der Waals surface area contributed by atoms with E-state index in [0.29, 0.717) is 6.42 Å². The first-order valence-electron chi connectivity index (χ1n) is 3.93. The fraction of sp³-hybridized carbons (Fsp3) is 0.300. The summed E-state index contributed by atoms with van der Waals surface area (Å²) in [6.07, 6.45) is 2.53. The molecule has 0 heterocycles. The van der Waals surface area contributed by atoms with E-state index in [0.717, 1.165) is 10.6 Å². The fourth-order valence-corrected chi connectivity index (χ4v) is 1.99. The summed E-state index contributed by atoms with van der Waals surface area (Å²) in [5, 5.41) is 9.57. The van der Waals surface area contributed by atoms with Crippen LogP contribution in [0.2, 0.25) is 5.02 Å². The van der Waals surface area contributed by atoms with Gasteiger partial charge in [-0.1, -0.05) is 23.7 Å². The van der Waals surface area contributed by atoms with Gasteiger partial charge in [0.2, 0.25) is 0 Å². The minimum absolute atomic E-state index is 0.240. The van der Waals surface area contributed by atoms with Crippen LogP contribution in [0.5, 0.6) is 0 Å². The maximum absolute atomic E-state index is 8.60. The summed E-state index contributed by atoms with van der Waals surface area (Å²) < 4.78 is 0. The lowest BCUT2D eigenvalue weighted by atomic mass is 10.1. The molecule has 1 nitrogen and oxygen atoms in total. The van der Waals surface area contributed by atoms with Gasteiger partial charge in [-0.2, -0.15) is 17.0 Å². The first kappa shape index (κ1) is 10.4. The molecule has 1 atom stereocenters. The topological polar surface area (TPSA) is 23.8 Å². The van der Waals surface area contributed by atoms with E-state index in [-0.39, 0.29) is 5.25 Å². The SMILES string of the molecule is CSC(CC#N)c1cccc(Cl)c1. The predicted molar refractivity (Wildman–Crippen MR) is 57.9 cm³/mol. The molecule has 1 aromatic carbocycles. The molecular formula is C10H10ClNS. The van der Waals surface area contributed by atoms with E-state index < -0.39 is 0 Å². The van der Waals surface area contributed by atoms with Crippen molar-refractivity contribution in [3.8, 4) is 6.07 Å². The zero-order valence-corrected chi connectivity index (χ0v) is 8.90. The molecular weight excluding hydrogens is 202 g/mol. The Kier molecular flexibility index (Phi) is 4.14.